The zero-order valence-corrected chi connectivity index (χ0v) is 11.9. The number of hydrogen-bond donors (Lipinski definition) is 1. The van der Waals surface area contributed by atoms with Crippen LogP contribution in [0.5, 0.6) is 0 Å². The molecule has 2 aromatic rings. The summed E-state index contributed by atoms with van der Waals surface area (Å²) in [6.07, 6.45) is 1.57. The second kappa shape index (κ2) is 5.52. The first-order valence-electron chi connectivity index (χ1n) is 5.93. The van der Waals surface area contributed by atoms with Crippen LogP contribution >= 0.6 is 11.6 Å². The molecule has 7 heteroatoms. The van der Waals surface area contributed by atoms with E-state index in [-0.39, 0.29) is 11.1 Å². The summed E-state index contributed by atoms with van der Waals surface area (Å²) in [4.78, 5) is 16.6. The molecule has 0 aliphatic heterocycles. The van der Waals surface area contributed by atoms with Crippen molar-refractivity contribution in [3.05, 3.63) is 47.4 Å². The summed E-state index contributed by atoms with van der Waals surface area (Å²) in [5, 5.41) is 8.97. The average Bonchev–Trinajstić information content (AvgIpc) is 2.47. The van der Waals surface area contributed by atoms with E-state index in [1.807, 2.05) is 0 Å². The van der Waals surface area contributed by atoms with Crippen LogP contribution < -0.4 is 10.9 Å². The quantitative estimate of drug-likeness (QED) is 0.528. The number of anilines is 1. The zero-order valence-electron chi connectivity index (χ0n) is 11.1. The largest absolute Gasteiger partial charge is 0.272 e. The van der Waals surface area contributed by atoms with E-state index in [0.717, 1.165) is 5.01 Å². The van der Waals surface area contributed by atoms with E-state index in [0.29, 0.717) is 11.5 Å². The molecule has 0 fully saturated rings. The average molecular weight is 292 g/mol. The Labute approximate surface area is 121 Å². The van der Waals surface area contributed by atoms with Crippen LogP contribution in [0.25, 0.3) is 0 Å². The molecule has 2 N–H and O–H groups in total. The van der Waals surface area contributed by atoms with Gasteiger partial charge in [-0.05, 0) is 38.1 Å². The van der Waals surface area contributed by atoms with Crippen LogP contribution in [-0.2, 0) is 10.2 Å². The van der Waals surface area contributed by atoms with Gasteiger partial charge in [0.2, 0.25) is 0 Å². The highest BCUT2D eigenvalue weighted by Gasteiger charge is 2.35. The number of nitrogens with zero attached hydrogens (tertiary/aromatic N) is 4. The van der Waals surface area contributed by atoms with Crippen LogP contribution in [0.4, 0.5) is 5.82 Å². The van der Waals surface area contributed by atoms with Gasteiger partial charge < -0.3 is 0 Å². The van der Waals surface area contributed by atoms with Crippen LogP contribution in [0.1, 0.15) is 19.5 Å². The minimum atomic E-state index is -0.941. The lowest BCUT2D eigenvalue weighted by molar-refractivity contribution is -0.123. The first-order valence-corrected chi connectivity index (χ1v) is 6.30. The van der Waals surface area contributed by atoms with Crippen molar-refractivity contribution in [2.24, 2.45) is 5.84 Å². The number of nitrogens with two attached hydrogens (primary N) is 1. The maximum atomic E-state index is 12.5. The predicted octanol–water partition coefficient (Wildman–Crippen LogP) is 1.71. The molecule has 2 heterocycles. The fourth-order valence-electron chi connectivity index (χ4n) is 1.66. The summed E-state index contributed by atoms with van der Waals surface area (Å²) in [6.45, 7) is 3.44. The van der Waals surface area contributed by atoms with Crippen molar-refractivity contribution < 1.29 is 4.79 Å². The maximum absolute atomic E-state index is 12.5. The Morgan fingerprint density at radius 2 is 2.00 bits per heavy atom. The highest BCUT2D eigenvalue weighted by atomic mass is 35.5. The molecule has 0 aliphatic carbocycles. The van der Waals surface area contributed by atoms with Gasteiger partial charge in [-0.25, -0.2) is 15.8 Å². The number of rotatable bonds is 3. The number of pyridine rings is 1. The molecule has 0 saturated heterocycles. The summed E-state index contributed by atoms with van der Waals surface area (Å²) in [7, 11) is 0. The van der Waals surface area contributed by atoms with Gasteiger partial charge in [0, 0.05) is 6.20 Å². The monoisotopic (exact) mass is 291 g/mol. The predicted molar refractivity (Wildman–Crippen MR) is 76.0 cm³/mol. The van der Waals surface area contributed by atoms with Crippen LogP contribution in [0.3, 0.4) is 0 Å². The molecule has 0 aliphatic rings. The Morgan fingerprint density at radius 3 is 2.55 bits per heavy atom. The van der Waals surface area contributed by atoms with Gasteiger partial charge >= 0.3 is 0 Å². The second-order valence-corrected chi connectivity index (χ2v) is 5.12. The first-order chi connectivity index (χ1) is 9.43. The van der Waals surface area contributed by atoms with Gasteiger partial charge in [0.1, 0.15) is 5.82 Å². The fraction of sp³-hybridized carbons (Fsp3) is 0.231. The summed E-state index contributed by atoms with van der Waals surface area (Å²) < 4.78 is 0. The van der Waals surface area contributed by atoms with E-state index in [2.05, 4.69) is 15.2 Å². The number of hydrazine groups is 1. The van der Waals surface area contributed by atoms with E-state index in [1.165, 1.54) is 0 Å². The second-order valence-electron chi connectivity index (χ2n) is 4.73. The van der Waals surface area contributed by atoms with E-state index in [4.69, 9.17) is 17.4 Å². The molecule has 1 amide bonds. The molecule has 0 radical (unpaired) electrons. The van der Waals surface area contributed by atoms with Crippen LogP contribution in [0, 0.1) is 0 Å². The lowest BCUT2D eigenvalue weighted by Crippen LogP contribution is -2.48. The van der Waals surface area contributed by atoms with E-state index < -0.39 is 5.41 Å². The minimum Gasteiger partial charge on any atom is -0.272 e. The van der Waals surface area contributed by atoms with Gasteiger partial charge in [-0.15, -0.1) is 5.10 Å². The fourth-order valence-corrected chi connectivity index (χ4v) is 1.76. The smallest absolute Gasteiger partial charge is 0.254 e. The van der Waals surface area contributed by atoms with Crippen molar-refractivity contribution in [2.75, 3.05) is 5.01 Å². The van der Waals surface area contributed by atoms with Crippen LogP contribution in [-0.4, -0.2) is 21.1 Å². The highest BCUT2D eigenvalue weighted by molar-refractivity contribution is 6.29. The number of carbonyl (C=O) groups excluding carboxylic acids is 1. The molecule has 0 bridgehead atoms. The van der Waals surface area contributed by atoms with Crippen LogP contribution in [0.15, 0.2) is 36.5 Å². The van der Waals surface area contributed by atoms with E-state index in [9.17, 15) is 4.79 Å². The molecule has 0 unspecified atom stereocenters. The zero-order chi connectivity index (χ0) is 14.8. The molecule has 2 aromatic heterocycles. The van der Waals surface area contributed by atoms with Gasteiger partial charge in [0.15, 0.2) is 5.15 Å². The highest BCUT2D eigenvalue weighted by Crippen LogP contribution is 2.24. The Kier molecular flexibility index (Phi) is 3.96. The molecule has 2 rings (SSSR count). The minimum absolute atomic E-state index is 0.270. The van der Waals surface area contributed by atoms with Gasteiger partial charge in [0.25, 0.3) is 5.91 Å². The Hall–Kier alpha value is -2.05. The van der Waals surface area contributed by atoms with Crippen molar-refractivity contribution in [3.63, 3.8) is 0 Å². The Bertz CT molecular complexity index is 600. The van der Waals surface area contributed by atoms with Crippen LogP contribution in [0.2, 0.25) is 5.15 Å². The molecule has 0 aromatic carbocycles. The van der Waals surface area contributed by atoms with Gasteiger partial charge in [-0.3, -0.25) is 4.79 Å². The lowest BCUT2D eigenvalue weighted by atomic mass is 9.87. The summed E-state index contributed by atoms with van der Waals surface area (Å²) in [6, 6.07) is 8.39. The topological polar surface area (TPSA) is 85.0 Å². The van der Waals surface area contributed by atoms with Gasteiger partial charge in [-0.2, -0.15) is 5.10 Å². The molecule has 104 valence electrons. The third-order valence-electron chi connectivity index (χ3n) is 2.92. The standard InChI is InChI=1S/C13H14ClN5O/c1-13(2,9-6-7-10(14)18-17-9)12(20)19(15)11-5-3-4-8-16-11/h3-8H,15H2,1-2H3. The van der Waals surface area contributed by atoms with Crippen molar-refractivity contribution in [1.82, 2.24) is 15.2 Å². The third kappa shape index (κ3) is 2.76. The Balaban J connectivity index is 2.29. The molecule has 20 heavy (non-hydrogen) atoms. The molecular formula is C13H14ClN5O. The summed E-state index contributed by atoms with van der Waals surface area (Å²) in [5.74, 6) is 5.87. The normalized spacial score (nSPS) is 11.2. The van der Waals surface area contributed by atoms with E-state index in [1.54, 1.807) is 50.4 Å². The van der Waals surface area contributed by atoms with Crippen molar-refractivity contribution in [2.45, 2.75) is 19.3 Å². The molecule has 0 saturated carbocycles. The number of hydrogen-bond acceptors (Lipinski definition) is 5. The lowest BCUT2D eigenvalue weighted by Gasteiger charge is -2.27. The van der Waals surface area contributed by atoms with Gasteiger partial charge in [-0.1, -0.05) is 17.7 Å². The van der Waals surface area contributed by atoms with Crippen molar-refractivity contribution >= 4 is 23.3 Å². The number of aromatic nitrogens is 3. The SMILES string of the molecule is CC(C)(C(=O)N(N)c1ccccn1)c1ccc(Cl)nn1. The number of carbonyl (C=O) groups is 1. The number of amides is 1. The summed E-state index contributed by atoms with van der Waals surface area (Å²) >= 11 is 5.70. The summed E-state index contributed by atoms with van der Waals surface area (Å²) in [5.41, 5.74) is -0.456. The van der Waals surface area contributed by atoms with Gasteiger partial charge in [0.05, 0.1) is 11.1 Å². The molecule has 0 spiro atoms. The maximum Gasteiger partial charge on any atom is 0.254 e. The number of halogens is 1. The first kappa shape index (κ1) is 14.4. The molecule has 0 atom stereocenters. The Morgan fingerprint density at radius 1 is 1.25 bits per heavy atom. The molecule has 6 nitrogen and oxygen atoms in total. The van der Waals surface area contributed by atoms with Crippen molar-refractivity contribution in [1.29, 1.82) is 0 Å². The van der Waals surface area contributed by atoms with Crippen molar-refractivity contribution in [3.8, 4) is 0 Å². The van der Waals surface area contributed by atoms with E-state index >= 15 is 0 Å². The molecular weight excluding hydrogens is 278 g/mol. The third-order valence-corrected chi connectivity index (χ3v) is 3.12.